The Morgan fingerprint density at radius 1 is 1.11 bits per heavy atom. The molecule has 1 aromatic rings. The van der Waals surface area contributed by atoms with Crippen LogP contribution >= 0.6 is 8.25 Å². The van der Waals surface area contributed by atoms with Gasteiger partial charge in [-0.3, -0.25) is 9.78 Å². The maximum Gasteiger partial charge on any atom is 0.694 e. The Morgan fingerprint density at radius 3 is 2.57 bits per heavy atom. The maximum absolute atomic E-state index is 12.3. The molecule has 2 N–H and O–H groups in total. The first kappa shape index (κ1) is 20.3. The Hall–Kier alpha value is -2.41. The van der Waals surface area contributed by atoms with Crippen molar-refractivity contribution >= 4 is 19.2 Å². The third-order valence-corrected chi connectivity index (χ3v) is 5.28. The molecule has 0 aromatic heterocycles. The molecule has 2 aliphatic heterocycles. The van der Waals surface area contributed by atoms with Gasteiger partial charge in [-0.2, -0.15) is 4.98 Å². The maximum atomic E-state index is 12.3. The number of H-pyrrole nitrogens is 1. The lowest BCUT2D eigenvalue weighted by molar-refractivity contribution is 0.273. The molecule has 0 saturated heterocycles. The highest BCUT2D eigenvalue weighted by molar-refractivity contribution is 7.32. The van der Waals surface area contributed by atoms with Gasteiger partial charge in [-0.25, -0.2) is 4.79 Å². The summed E-state index contributed by atoms with van der Waals surface area (Å²) in [5.74, 6) is 0.394. The van der Waals surface area contributed by atoms with Crippen molar-refractivity contribution in [1.29, 1.82) is 0 Å². The third-order valence-electron chi connectivity index (χ3n) is 4.88. The molecule has 9 heteroatoms. The topological polar surface area (TPSA) is 114 Å². The van der Waals surface area contributed by atoms with Gasteiger partial charge >= 0.3 is 13.9 Å². The number of nitrogens with one attached hydrogen (secondary N) is 1. The third kappa shape index (κ3) is 4.52. The Kier molecular flexibility index (Phi) is 6.34. The number of rotatable bonds is 8. The minimum absolute atomic E-state index is 0.255. The first-order chi connectivity index (χ1) is 13.4. The lowest BCUT2D eigenvalue weighted by atomic mass is 10.0. The molecule has 0 bridgehead atoms. The molecule has 0 spiro atoms. The van der Waals surface area contributed by atoms with Crippen LogP contribution in [-0.4, -0.2) is 26.0 Å². The smallest absolute Gasteiger partial charge is 0.325 e. The largest absolute Gasteiger partial charge is 0.694 e. The lowest BCUT2D eigenvalue weighted by Gasteiger charge is -2.18. The zero-order valence-corrected chi connectivity index (χ0v) is 16.8. The average molecular weight is 404 g/mol. The Bertz CT molecular complexity index is 1110. The van der Waals surface area contributed by atoms with Crippen molar-refractivity contribution < 1.29 is 14.0 Å². The van der Waals surface area contributed by atoms with Crippen molar-refractivity contribution in [2.75, 3.05) is 6.61 Å². The van der Waals surface area contributed by atoms with Crippen molar-refractivity contribution in [3.05, 3.63) is 50.2 Å². The van der Waals surface area contributed by atoms with Crippen LogP contribution in [0, 0.1) is 13.8 Å². The van der Waals surface area contributed by atoms with Crippen LogP contribution in [0.3, 0.4) is 0 Å². The Balaban J connectivity index is 1.90. The molecule has 28 heavy (non-hydrogen) atoms. The van der Waals surface area contributed by atoms with Gasteiger partial charge in [0.05, 0.1) is 5.56 Å². The van der Waals surface area contributed by atoms with Crippen LogP contribution in [0.25, 0.3) is 22.3 Å². The van der Waals surface area contributed by atoms with E-state index < -0.39 is 19.5 Å². The van der Waals surface area contributed by atoms with Gasteiger partial charge in [-0.15, -0.1) is 9.42 Å². The first-order valence-corrected chi connectivity index (χ1v) is 10.3. The summed E-state index contributed by atoms with van der Waals surface area (Å²) in [5.41, 5.74) is 2.52. The molecular weight excluding hydrogens is 381 g/mol. The van der Waals surface area contributed by atoms with Crippen molar-refractivity contribution in [3.8, 4) is 11.4 Å². The summed E-state index contributed by atoms with van der Waals surface area (Å²) >= 11 is 0. The molecule has 2 heterocycles. The number of aryl methyl sites for hydroxylation is 3. The minimum atomic E-state index is -2.54. The fourth-order valence-electron chi connectivity index (χ4n) is 3.32. The summed E-state index contributed by atoms with van der Waals surface area (Å²) in [7, 11) is -2.54. The van der Waals surface area contributed by atoms with Gasteiger partial charge in [0, 0.05) is 16.6 Å². The fourth-order valence-corrected chi connectivity index (χ4v) is 3.61. The van der Waals surface area contributed by atoms with E-state index in [0.29, 0.717) is 24.4 Å². The quantitative estimate of drug-likeness (QED) is 0.339. The van der Waals surface area contributed by atoms with Gasteiger partial charge in [0.25, 0.3) is 5.56 Å². The van der Waals surface area contributed by atoms with Gasteiger partial charge in [0.1, 0.15) is 6.61 Å². The van der Waals surface area contributed by atoms with Crippen molar-refractivity contribution in [1.82, 2.24) is 14.5 Å². The number of hydrogen-bond donors (Lipinski definition) is 2. The molecule has 0 amide bonds. The predicted molar refractivity (Wildman–Crippen MR) is 107 cm³/mol. The number of unbranched alkanes of at least 4 members (excludes halogenated alkanes) is 3. The summed E-state index contributed by atoms with van der Waals surface area (Å²) in [6, 6.07) is 5.88. The van der Waals surface area contributed by atoms with Gasteiger partial charge in [-0.05, 0) is 61.4 Å². The highest BCUT2D eigenvalue weighted by Gasteiger charge is 2.17. The van der Waals surface area contributed by atoms with Gasteiger partial charge < -0.3 is 4.57 Å². The predicted octanol–water partition coefficient (Wildman–Crippen LogP) is 3.03. The Morgan fingerprint density at radius 2 is 1.82 bits per heavy atom. The van der Waals surface area contributed by atoms with Crippen molar-refractivity contribution in [2.24, 2.45) is 0 Å². The SMILES string of the molecule is Cc1cc2cc3c(=O)[nH]c(=O)nc-3n(CCCCCCO[P+](=O)O)c2cc1C. The van der Waals surface area contributed by atoms with Gasteiger partial charge in [0.15, 0.2) is 5.82 Å². The Labute approximate surface area is 162 Å². The zero-order valence-electron chi connectivity index (χ0n) is 15.9. The summed E-state index contributed by atoms with van der Waals surface area (Å²) < 4.78 is 17.1. The molecule has 1 aromatic carbocycles. The molecule has 148 valence electrons. The first-order valence-electron chi connectivity index (χ1n) is 9.20. The van der Waals surface area contributed by atoms with Gasteiger partial charge in [0.2, 0.25) is 0 Å². The average Bonchev–Trinajstić information content (AvgIpc) is 2.62. The second-order valence-electron chi connectivity index (χ2n) is 6.88. The summed E-state index contributed by atoms with van der Waals surface area (Å²) in [6.45, 7) is 4.92. The van der Waals surface area contributed by atoms with Crippen LogP contribution < -0.4 is 11.2 Å². The van der Waals surface area contributed by atoms with E-state index in [0.717, 1.165) is 41.3 Å². The number of pyridine rings is 1. The summed E-state index contributed by atoms with van der Waals surface area (Å²) in [4.78, 5) is 39.0. The van der Waals surface area contributed by atoms with Crippen LogP contribution in [0.15, 0.2) is 27.8 Å². The number of aromatic amines is 1. The number of benzene rings is 1. The van der Waals surface area contributed by atoms with Crippen LogP contribution in [0.1, 0.15) is 36.8 Å². The van der Waals surface area contributed by atoms with Crippen LogP contribution in [0.4, 0.5) is 0 Å². The monoisotopic (exact) mass is 404 g/mol. The zero-order chi connectivity index (χ0) is 20.3. The standard InChI is InChI=1S/C19H22N3O5P/c1-12-9-14-11-15-17(20-19(24)21-18(15)23)22(16(14)10-13(12)2)7-5-3-4-6-8-27-28(25)26/h9-11H,3-8H2,1-2H3,(H-,21,23,24,25,26)/p+1. The van der Waals surface area contributed by atoms with E-state index in [4.69, 9.17) is 4.89 Å². The molecule has 8 nitrogen and oxygen atoms in total. The fraction of sp³-hybridized carbons (Fsp3) is 0.421. The highest BCUT2D eigenvalue weighted by atomic mass is 31.1. The lowest BCUT2D eigenvalue weighted by Crippen LogP contribution is -2.27. The van der Waals surface area contributed by atoms with E-state index in [9.17, 15) is 14.2 Å². The molecule has 3 rings (SSSR count). The van der Waals surface area contributed by atoms with E-state index in [2.05, 4.69) is 20.6 Å². The van der Waals surface area contributed by atoms with E-state index >= 15 is 0 Å². The molecule has 0 fully saturated rings. The second-order valence-corrected chi connectivity index (χ2v) is 7.62. The van der Waals surface area contributed by atoms with E-state index in [1.807, 2.05) is 24.5 Å². The molecule has 2 aliphatic rings. The van der Waals surface area contributed by atoms with Gasteiger partial charge in [-0.1, -0.05) is 12.8 Å². The second kappa shape index (κ2) is 8.73. The van der Waals surface area contributed by atoms with E-state index in [1.165, 1.54) is 0 Å². The number of nitrogens with zero attached hydrogens (tertiary/aromatic N) is 2. The van der Waals surface area contributed by atoms with Crippen molar-refractivity contribution in [3.63, 3.8) is 0 Å². The molecule has 1 unspecified atom stereocenters. The number of aromatic nitrogens is 3. The minimum Gasteiger partial charge on any atom is -0.325 e. The molecule has 1 atom stereocenters. The van der Waals surface area contributed by atoms with E-state index in [1.54, 1.807) is 6.07 Å². The van der Waals surface area contributed by atoms with E-state index in [-0.39, 0.29) is 6.61 Å². The summed E-state index contributed by atoms with van der Waals surface area (Å²) in [6.07, 6.45) is 3.25. The highest BCUT2D eigenvalue weighted by Crippen LogP contribution is 2.27. The normalized spacial score (nSPS) is 12.0. The van der Waals surface area contributed by atoms with Crippen LogP contribution in [0.2, 0.25) is 0 Å². The summed E-state index contributed by atoms with van der Waals surface area (Å²) in [5, 5.41) is 0.932. The molecular formula is C19H23N3O5P+. The number of fused-ring (bicyclic) bond motifs is 2. The van der Waals surface area contributed by atoms with Crippen molar-refractivity contribution in [2.45, 2.75) is 46.1 Å². The molecule has 0 radical (unpaired) electrons. The molecule has 0 saturated carbocycles. The molecule has 0 aliphatic carbocycles. The van der Waals surface area contributed by atoms with Crippen LogP contribution in [0.5, 0.6) is 0 Å². The number of hydrogen-bond acceptors (Lipinski definition) is 5. The van der Waals surface area contributed by atoms with Crippen LogP contribution in [-0.2, 0) is 15.6 Å².